The summed E-state index contributed by atoms with van der Waals surface area (Å²) in [5, 5.41) is 4.44. The first-order valence-electron chi connectivity index (χ1n) is 5.39. The van der Waals surface area contributed by atoms with Crippen LogP contribution in [-0.4, -0.2) is 18.0 Å². The van der Waals surface area contributed by atoms with Crippen molar-refractivity contribution >= 4 is 39.6 Å². The van der Waals surface area contributed by atoms with Crippen LogP contribution >= 0.6 is 27.3 Å². The van der Waals surface area contributed by atoms with E-state index < -0.39 is 17.2 Å². The van der Waals surface area contributed by atoms with Gasteiger partial charge in [0.25, 0.3) is 0 Å². The molecular formula is C12H16BrNO3S. The number of thiophene rings is 1. The number of carbonyl (C=O) groups excluding carboxylic acids is 2. The zero-order valence-corrected chi connectivity index (χ0v) is 13.1. The first-order chi connectivity index (χ1) is 8.18. The van der Waals surface area contributed by atoms with Crippen LogP contribution in [0.3, 0.4) is 0 Å². The molecule has 1 amide bonds. The van der Waals surface area contributed by atoms with E-state index in [4.69, 9.17) is 4.74 Å². The summed E-state index contributed by atoms with van der Waals surface area (Å²) in [6.45, 7) is 6.95. The molecule has 4 nitrogen and oxygen atoms in total. The maximum Gasteiger partial charge on any atom is 0.408 e. The Labute approximate surface area is 119 Å². The predicted octanol–water partition coefficient (Wildman–Crippen LogP) is 3.45. The van der Waals surface area contributed by atoms with Crippen molar-refractivity contribution in [3.05, 3.63) is 20.8 Å². The van der Waals surface area contributed by atoms with Gasteiger partial charge in [-0.3, -0.25) is 0 Å². The smallest absolute Gasteiger partial charge is 0.408 e. The minimum absolute atomic E-state index is 0.597. The molecule has 0 aliphatic carbocycles. The number of hydrogen-bond acceptors (Lipinski definition) is 4. The van der Waals surface area contributed by atoms with Gasteiger partial charge in [-0.05, 0) is 55.1 Å². The van der Waals surface area contributed by atoms with Gasteiger partial charge in [0, 0.05) is 4.47 Å². The molecular weight excluding hydrogens is 318 g/mol. The van der Waals surface area contributed by atoms with Gasteiger partial charge in [-0.1, -0.05) is 0 Å². The van der Waals surface area contributed by atoms with Crippen LogP contribution in [-0.2, 0) is 15.1 Å². The summed E-state index contributed by atoms with van der Waals surface area (Å²) in [5.41, 5.74) is -1.68. The molecule has 6 heteroatoms. The lowest BCUT2D eigenvalue weighted by Gasteiger charge is -2.27. The van der Waals surface area contributed by atoms with Crippen molar-refractivity contribution in [3.8, 4) is 0 Å². The maximum absolute atomic E-state index is 11.7. The van der Waals surface area contributed by atoms with E-state index in [-0.39, 0.29) is 0 Å². The Morgan fingerprint density at radius 2 is 2.06 bits per heavy atom. The number of hydrogen-bond donors (Lipinski definition) is 1. The van der Waals surface area contributed by atoms with Crippen molar-refractivity contribution in [2.45, 2.75) is 38.8 Å². The topological polar surface area (TPSA) is 55.4 Å². The van der Waals surface area contributed by atoms with Crippen molar-refractivity contribution in [1.82, 2.24) is 5.32 Å². The molecule has 0 radical (unpaired) electrons. The van der Waals surface area contributed by atoms with Gasteiger partial charge in [-0.2, -0.15) is 0 Å². The maximum atomic E-state index is 11.7. The lowest BCUT2D eigenvalue weighted by molar-refractivity contribution is -0.113. The summed E-state index contributed by atoms with van der Waals surface area (Å²) in [6, 6.07) is 1.83. The number of aldehydes is 1. The second kappa shape index (κ2) is 5.40. The van der Waals surface area contributed by atoms with Gasteiger partial charge in [0.2, 0.25) is 0 Å². The number of nitrogens with one attached hydrogen (secondary N) is 1. The van der Waals surface area contributed by atoms with Crippen LogP contribution in [0, 0.1) is 0 Å². The largest absolute Gasteiger partial charge is 0.444 e. The van der Waals surface area contributed by atoms with Gasteiger partial charge in [-0.15, -0.1) is 11.3 Å². The summed E-state index contributed by atoms with van der Waals surface area (Å²) >= 11 is 4.75. The molecule has 0 saturated heterocycles. The Morgan fingerprint density at radius 1 is 1.44 bits per heavy atom. The van der Waals surface area contributed by atoms with E-state index in [2.05, 4.69) is 21.2 Å². The second-order valence-corrected chi connectivity index (χ2v) is 6.82. The highest BCUT2D eigenvalue weighted by molar-refractivity contribution is 9.10. The Balaban J connectivity index is 2.88. The number of halogens is 1. The minimum atomic E-state index is -1.09. The average Bonchev–Trinajstić information content (AvgIpc) is 2.61. The van der Waals surface area contributed by atoms with Gasteiger partial charge < -0.3 is 14.8 Å². The molecule has 100 valence electrons. The lowest BCUT2D eigenvalue weighted by atomic mass is 10.0. The Hall–Kier alpha value is -0.880. The summed E-state index contributed by atoms with van der Waals surface area (Å²) < 4.78 is 5.94. The molecule has 0 bridgehead atoms. The summed E-state index contributed by atoms with van der Waals surface area (Å²) in [5.74, 6) is 0. The SMILES string of the molecule is CC(C)(C)OC(=O)NC(C)(C=O)c1sccc1Br. The van der Waals surface area contributed by atoms with Crippen molar-refractivity contribution in [1.29, 1.82) is 0 Å². The number of alkyl carbamates (subject to hydrolysis) is 1. The Kier molecular flexibility index (Phi) is 4.55. The van der Waals surface area contributed by atoms with Crippen LogP contribution in [0.2, 0.25) is 0 Å². The average molecular weight is 334 g/mol. The molecule has 1 atom stereocenters. The van der Waals surface area contributed by atoms with E-state index in [0.717, 1.165) is 9.35 Å². The fourth-order valence-corrected chi connectivity index (χ4v) is 3.18. The van der Waals surface area contributed by atoms with E-state index in [1.807, 2.05) is 11.4 Å². The Bertz CT molecular complexity index is 452. The van der Waals surface area contributed by atoms with Crippen molar-refractivity contribution < 1.29 is 14.3 Å². The number of rotatable bonds is 3. The van der Waals surface area contributed by atoms with E-state index in [0.29, 0.717) is 6.29 Å². The van der Waals surface area contributed by atoms with E-state index in [1.165, 1.54) is 11.3 Å². The molecule has 0 saturated carbocycles. The van der Waals surface area contributed by atoms with Crippen molar-refractivity contribution in [2.24, 2.45) is 0 Å². The molecule has 0 aromatic carbocycles. The highest BCUT2D eigenvalue weighted by atomic mass is 79.9. The third kappa shape index (κ3) is 3.81. The third-order valence-electron chi connectivity index (χ3n) is 2.09. The lowest BCUT2D eigenvalue weighted by Crippen LogP contribution is -2.46. The van der Waals surface area contributed by atoms with Crippen LogP contribution in [0.25, 0.3) is 0 Å². The standard InChI is InChI=1S/C12H16BrNO3S/c1-11(2,3)17-10(16)14-12(4,7-15)9-8(13)5-6-18-9/h5-7H,1-4H3,(H,14,16). The number of ether oxygens (including phenoxy) is 1. The summed E-state index contributed by atoms with van der Waals surface area (Å²) in [7, 11) is 0. The molecule has 1 heterocycles. The van der Waals surface area contributed by atoms with Gasteiger partial charge in [0.15, 0.2) is 6.29 Å². The van der Waals surface area contributed by atoms with Crippen LogP contribution in [0.5, 0.6) is 0 Å². The highest BCUT2D eigenvalue weighted by Gasteiger charge is 2.33. The molecule has 1 rings (SSSR count). The van der Waals surface area contributed by atoms with Gasteiger partial charge in [0.1, 0.15) is 11.1 Å². The molecule has 18 heavy (non-hydrogen) atoms. The summed E-state index contributed by atoms with van der Waals surface area (Å²) in [4.78, 5) is 23.8. The van der Waals surface area contributed by atoms with E-state index >= 15 is 0 Å². The quantitative estimate of drug-likeness (QED) is 0.862. The second-order valence-electron chi connectivity index (χ2n) is 5.04. The van der Waals surface area contributed by atoms with Crippen LogP contribution in [0.1, 0.15) is 32.6 Å². The van der Waals surface area contributed by atoms with Crippen molar-refractivity contribution in [2.75, 3.05) is 0 Å². The third-order valence-corrected chi connectivity index (χ3v) is 4.16. The molecule has 1 N–H and O–H groups in total. The molecule has 1 unspecified atom stereocenters. The van der Waals surface area contributed by atoms with Crippen LogP contribution in [0.15, 0.2) is 15.9 Å². The van der Waals surface area contributed by atoms with E-state index in [9.17, 15) is 9.59 Å². The molecule has 0 fully saturated rings. The fraction of sp³-hybridized carbons (Fsp3) is 0.500. The normalized spacial score (nSPS) is 14.7. The van der Waals surface area contributed by atoms with Gasteiger partial charge in [-0.25, -0.2) is 4.79 Å². The molecule has 0 aliphatic heterocycles. The van der Waals surface area contributed by atoms with Crippen LogP contribution < -0.4 is 5.32 Å². The van der Waals surface area contributed by atoms with Gasteiger partial charge in [0.05, 0.1) is 4.88 Å². The zero-order valence-electron chi connectivity index (χ0n) is 10.7. The van der Waals surface area contributed by atoms with E-state index in [1.54, 1.807) is 27.7 Å². The predicted molar refractivity (Wildman–Crippen MR) is 74.8 cm³/mol. The van der Waals surface area contributed by atoms with Gasteiger partial charge >= 0.3 is 6.09 Å². The molecule has 1 aromatic heterocycles. The summed E-state index contributed by atoms with van der Waals surface area (Å²) in [6.07, 6.45) is 0.0884. The first kappa shape index (κ1) is 15.2. The fourth-order valence-electron chi connectivity index (χ4n) is 1.32. The number of amides is 1. The zero-order chi connectivity index (χ0) is 14.0. The van der Waals surface area contributed by atoms with Crippen molar-refractivity contribution in [3.63, 3.8) is 0 Å². The molecule has 1 aromatic rings. The monoisotopic (exact) mass is 333 g/mol. The highest BCUT2D eigenvalue weighted by Crippen LogP contribution is 2.32. The Morgan fingerprint density at radius 3 is 2.44 bits per heavy atom. The molecule has 0 spiro atoms. The first-order valence-corrected chi connectivity index (χ1v) is 7.06. The van der Waals surface area contributed by atoms with Crippen LogP contribution in [0.4, 0.5) is 4.79 Å². The minimum Gasteiger partial charge on any atom is -0.444 e. The number of carbonyl (C=O) groups is 2. The molecule has 0 aliphatic rings.